The second-order valence-electron chi connectivity index (χ2n) is 4.54. The SMILES string of the molecule is COc1ccc(Nc2cc(C#N)c3ccccc3n2)cc1. The molecule has 1 N–H and O–H groups in total. The number of ether oxygens (including phenoxy) is 1. The quantitative estimate of drug-likeness (QED) is 0.788. The average molecular weight is 275 g/mol. The zero-order valence-electron chi connectivity index (χ0n) is 11.5. The van der Waals surface area contributed by atoms with Crippen LogP contribution in [0.4, 0.5) is 11.5 Å². The number of pyridine rings is 1. The van der Waals surface area contributed by atoms with E-state index in [1.54, 1.807) is 13.2 Å². The van der Waals surface area contributed by atoms with E-state index in [2.05, 4.69) is 16.4 Å². The molecular weight excluding hydrogens is 262 g/mol. The smallest absolute Gasteiger partial charge is 0.132 e. The number of hydrogen-bond acceptors (Lipinski definition) is 4. The number of nitrogens with one attached hydrogen (secondary N) is 1. The molecule has 21 heavy (non-hydrogen) atoms. The van der Waals surface area contributed by atoms with Crippen LogP contribution < -0.4 is 10.1 Å². The summed E-state index contributed by atoms with van der Waals surface area (Å²) in [4.78, 5) is 4.53. The number of aromatic nitrogens is 1. The number of benzene rings is 2. The summed E-state index contributed by atoms with van der Waals surface area (Å²) in [7, 11) is 1.63. The number of anilines is 2. The molecule has 4 nitrogen and oxygen atoms in total. The Bertz CT molecular complexity index is 820. The molecule has 3 aromatic rings. The van der Waals surface area contributed by atoms with Gasteiger partial charge < -0.3 is 10.1 Å². The highest BCUT2D eigenvalue weighted by atomic mass is 16.5. The van der Waals surface area contributed by atoms with Gasteiger partial charge in [0.2, 0.25) is 0 Å². The maximum Gasteiger partial charge on any atom is 0.132 e. The summed E-state index contributed by atoms with van der Waals surface area (Å²) in [5.74, 6) is 1.44. The largest absolute Gasteiger partial charge is 0.497 e. The zero-order chi connectivity index (χ0) is 14.7. The Morgan fingerprint density at radius 1 is 1.10 bits per heavy atom. The topological polar surface area (TPSA) is 57.9 Å². The van der Waals surface area contributed by atoms with Gasteiger partial charge in [-0.2, -0.15) is 5.26 Å². The van der Waals surface area contributed by atoms with Crippen LogP contribution in [0.25, 0.3) is 10.9 Å². The molecule has 0 amide bonds. The van der Waals surface area contributed by atoms with Gasteiger partial charge in [-0.1, -0.05) is 18.2 Å². The van der Waals surface area contributed by atoms with Crippen molar-refractivity contribution >= 4 is 22.4 Å². The van der Waals surface area contributed by atoms with Crippen LogP contribution in [-0.2, 0) is 0 Å². The minimum Gasteiger partial charge on any atom is -0.497 e. The van der Waals surface area contributed by atoms with E-state index < -0.39 is 0 Å². The van der Waals surface area contributed by atoms with Crippen molar-refractivity contribution in [3.63, 3.8) is 0 Å². The first-order chi connectivity index (χ1) is 10.3. The molecule has 0 atom stereocenters. The highest BCUT2D eigenvalue weighted by Crippen LogP contribution is 2.23. The standard InChI is InChI=1S/C17H13N3O/c1-21-14-8-6-13(7-9-14)19-17-10-12(11-18)15-4-2-3-5-16(15)20-17/h2-10H,1H3,(H,19,20). The molecule has 4 heteroatoms. The van der Waals surface area contributed by atoms with Crippen LogP contribution in [-0.4, -0.2) is 12.1 Å². The number of fused-ring (bicyclic) bond motifs is 1. The normalized spacial score (nSPS) is 10.1. The van der Waals surface area contributed by atoms with Crippen LogP contribution in [0.3, 0.4) is 0 Å². The summed E-state index contributed by atoms with van der Waals surface area (Å²) in [6.45, 7) is 0. The van der Waals surface area contributed by atoms with Crippen LogP contribution in [0.2, 0.25) is 0 Å². The minimum atomic E-state index is 0.608. The van der Waals surface area contributed by atoms with E-state index in [4.69, 9.17) is 4.74 Å². The summed E-state index contributed by atoms with van der Waals surface area (Å²) in [5, 5.41) is 13.3. The molecule has 1 aromatic heterocycles. The number of methoxy groups -OCH3 is 1. The number of hydrogen-bond donors (Lipinski definition) is 1. The van der Waals surface area contributed by atoms with E-state index >= 15 is 0 Å². The fraction of sp³-hybridized carbons (Fsp3) is 0.0588. The predicted molar refractivity (Wildman–Crippen MR) is 82.7 cm³/mol. The molecule has 0 fully saturated rings. The van der Waals surface area contributed by atoms with Crippen molar-refractivity contribution in [2.45, 2.75) is 0 Å². The molecule has 0 unspecified atom stereocenters. The Kier molecular flexibility index (Phi) is 3.40. The van der Waals surface area contributed by atoms with Crippen LogP contribution in [0, 0.1) is 11.3 Å². The fourth-order valence-electron chi connectivity index (χ4n) is 2.15. The fourth-order valence-corrected chi connectivity index (χ4v) is 2.15. The maximum atomic E-state index is 9.27. The number of rotatable bonds is 3. The van der Waals surface area contributed by atoms with Gasteiger partial charge >= 0.3 is 0 Å². The molecule has 0 aliphatic heterocycles. The number of nitriles is 1. The van der Waals surface area contributed by atoms with Crippen LogP contribution in [0.5, 0.6) is 5.75 Å². The number of nitrogens with zero attached hydrogens (tertiary/aromatic N) is 2. The molecule has 0 saturated heterocycles. The zero-order valence-corrected chi connectivity index (χ0v) is 11.5. The molecular formula is C17H13N3O. The maximum absolute atomic E-state index is 9.27. The molecule has 0 radical (unpaired) electrons. The lowest BCUT2D eigenvalue weighted by atomic mass is 10.1. The molecule has 102 valence electrons. The van der Waals surface area contributed by atoms with Crippen molar-refractivity contribution in [1.29, 1.82) is 5.26 Å². The second-order valence-corrected chi connectivity index (χ2v) is 4.54. The lowest BCUT2D eigenvalue weighted by molar-refractivity contribution is 0.415. The van der Waals surface area contributed by atoms with Gasteiger partial charge in [0.15, 0.2) is 0 Å². The van der Waals surface area contributed by atoms with Crippen LogP contribution in [0.15, 0.2) is 54.6 Å². The van der Waals surface area contributed by atoms with E-state index in [1.807, 2.05) is 48.5 Å². The molecule has 3 rings (SSSR count). The van der Waals surface area contributed by atoms with Crippen molar-refractivity contribution in [3.05, 3.63) is 60.2 Å². The first-order valence-corrected chi connectivity index (χ1v) is 6.51. The summed E-state index contributed by atoms with van der Waals surface area (Å²) >= 11 is 0. The highest BCUT2D eigenvalue weighted by Gasteiger charge is 2.05. The lowest BCUT2D eigenvalue weighted by Gasteiger charge is -2.08. The van der Waals surface area contributed by atoms with Crippen molar-refractivity contribution in [1.82, 2.24) is 4.98 Å². The van der Waals surface area contributed by atoms with Crippen LogP contribution in [0.1, 0.15) is 5.56 Å². The van der Waals surface area contributed by atoms with Gasteiger partial charge in [0, 0.05) is 11.1 Å². The van der Waals surface area contributed by atoms with Gasteiger partial charge in [-0.05, 0) is 36.4 Å². The monoisotopic (exact) mass is 275 g/mol. The molecule has 1 heterocycles. The van der Waals surface area contributed by atoms with E-state index in [-0.39, 0.29) is 0 Å². The lowest BCUT2D eigenvalue weighted by Crippen LogP contribution is -1.95. The van der Waals surface area contributed by atoms with Gasteiger partial charge in [0.25, 0.3) is 0 Å². The first kappa shape index (κ1) is 12.9. The highest BCUT2D eigenvalue weighted by molar-refractivity contribution is 5.86. The van der Waals surface area contributed by atoms with Crippen molar-refractivity contribution in [3.8, 4) is 11.8 Å². The van der Waals surface area contributed by atoms with Crippen molar-refractivity contribution in [2.75, 3.05) is 12.4 Å². The summed E-state index contributed by atoms with van der Waals surface area (Å²) in [6.07, 6.45) is 0. The molecule has 0 saturated carbocycles. The van der Waals surface area contributed by atoms with Gasteiger partial charge in [-0.3, -0.25) is 0 Å². The molecule has 0 spiro atoms. The van der Waals surface area contributed by atoms with E-state index in [0.29, 0.717) is 11.4 Å². The third kappa shape index (κ3) is 2.63. The predicted octanol–water partition coefficient (Wildman–Crippen LogP) is 3.86. The van der Waals surface area contributed by atoms with E-state index in [0.717, 1.165) is 22.3 Å². The summed E-state index contributed by atoms with van der Waals surface area (Å²) < 4.78 is 5.13. The van der Waals surface area contributed by atoms with E-state index in [9.17, 15) is 5.26 Å². The van der Waals surface area contributed by atoms with Crippen molar-refractivity contribution in [2.24, 2.45) is 0 Å². The molecule has 2 aromatic carbocycles. The second kappa shape index (κ2) is 5.51. The Morgan fingerprint density at radius 3 is 2.57 bits per heavy atom. The van der Waals surface area contributed by atoms with Crippen LogP contribution >= 0.6 is 0 Å². The Balaban J connectivity index is 1.98. The van der Waals surface area contributed by atoms with Gasteiger partial charge in [0.1, 0.15) is 11.6 Å². The first-order valence-electron chi connectivity index (χ1n) is 6.51. The van der Waals surface area contributed by atoms with Crippen molar-refractivity contribution < 1.29 is 4.74 Å². The molecule has 0 bridgehead atoms. The van der Waals surface area contributed by atoms with Gasteiger partial charge in [0.05, 0.1) is 24.3 Å². The Morgan fingerprint density at radius 2 is 1.86 bits per heavy atom. The third-order valence-corrected chi connectivity index (χ3v) is 3.20. The third-order valence-electron chi connectivity index (χ3n) is 3.20. The Labute approximate surface area is 122 Å². The van der Waals surface area contributed by atoms with Gasteiger partial charge in [-0.25, -0.2) is 4.98 Å². The summed E-state index contributed by atoms with van der Waals surface area (Å²) in [6, 6.07) is 19.1. The summed E-state index contributed by atoms with van der Waals surface area (Å²) in [5.41, 5.74) is 2.30. The Hall–Kier alpha value is -3.06. The number of para-hydroxylation sites is 1. The van der Waals surface area contributed by atoms with E-state index in [1.165, 1.54) is 0 Å². The molecule has 0 aliphatic carbocycles. The average Bonchev–Trinajstić information content (AvgIpc) is 2.55. The minimum absolute atomic E-state index is 0.608. The molecule has 0 aliphatic rings. The van der Waals surface area contributed by atoms with Gasteiger partial charge in [-0.15, -0.1) is 0 Å².